The molecular weight excluding hydrogens is 1490 g/mol. The van der Waals surface area contributed by atoms with Crippen LogP contribution in [0, 0.1) is 0 Å². The van der Waals surface area contributed by atoms with E-state index in [9.17, 15) is 0 Å². The van der Waals surface area contributed by atoms with Crippen molar-refractivity contribution in [2.75, 3.05) is 42.7 Å². The van der Waals surface area contributed by atoms with Gasteiger partial charge in [0.15, 0.2) is 0 Å². The highest BCUT2D eigenvalue weighted by Crippen LogP contribution is 2.45. The van der Waals surface area contributed by atoms with Crippen molar-refractivity contribution in [2.24, 2.45) is 0 Å². The molecule has 0 aliphatic heterocycles. The third kappa shape index (κ3) is 14.4. The number of halogens is 6. The fourth-order valence-corrected chi connectivity index (χ4v) is 13.0. The van der Waals surface area contributed by atoms with E-state index in [1.807, 2.05) is 72.8 Å². The average Bonchev–Trinajstić information content (AvgIpc) is 3.33. The predicted molar refractivity (Wildman–Crippen MR) is 308 cm³/mol. The maximum Gasteiger partial charge on any atom is 0.118 e. The van der Waals surface area contributed by atoms with Crippen molar-refractivity contribution in [1.29, 1.82) is 0 Å². The minimum atomic E-state index is -2.20. The van der Waals surface area contributed by atoms with Gasteiger partial charge in [-0.15, -0.1) is 0 Å². The van der Waals surface area contributed by atoms with Crippen LogP contribution in [-0.4, -0.2) is 42.7 Å². The van der Waals surface area contributed by atoms with E-state index >= 15 is 0 Å². The van der Waals surface area contributed by atoms with Crippen LogP contribution in [0.4, 0.5) is 0 Å². The lowest BCUT2D eigenvalue weighted by Crippen LogP contribution is -2.24. The van der Waals surface area contributed by atoms with E-state index in [1.54, 1.807) is 42.7 Å². The van der Waals surface area contributed by atoms with E-state index in [4.69, 9.17) is 52.0 Å². The van der Waals surface area contributed by atoms with Gasteiger partial charge >= 0.3 is 0 Å². The molecule has 310 valence electrons. The van der Waals surface area contributed by atoms with Crippen LogP contribution in [0.15, 0.2) is 146 Å². The van der Waals surface area contributed by atoms with Crippen LogP contribution in [0.2, 0.25) is 0 Å². The summed E-state index contributed by atoms with van der Waals surface area (Å²) in [5.74, 6) is 4.92. The van der Waals surface area contributed by atoms with Crippen molar-refractivity contribution in [3.63, 3.8) is 0 Å². The third-order valence-electron chi connectivity index (χ3n) is 8.62. The number of methoxy groups -OCH3 is 6. The molecule has 0 bridgehead atoms. The van der Waals surface area contributed by atoms with Gasteiger partial charge in [0.1, 0.15) is 34.5 Å². The van der Waals surface area contributed by atoms with Crippen LogP contribution in [0.3, 0.4) is 0 Å². The predicted octanol–water partition coefficient (Wildman–Crippen LogP) is 12.3. The highest BCUT2D eigenvalue weighted by Gasteiger charge is 2.26. The molecule has 6 aromatic rings. The summed E-state index contributed by atoms with van der Waals surface area (Å²) in [6.45, 7) is 0. The van der Waals surface area contributed by atoms with Crippen molar-refractivity contribution in [3.05, 3.63) is 146 Å². The highest BCUT2D eigenvalue weighted by atomic mass is 128. The molecule has 0 saturated carbocycles. The monoisotopic (exact) mass is 1530 g/mol. The molecule has 6 nitrogen and oxygen atoms in total. The third-order valence-corrected chi connectivity index (χ3v) is 18.6. The molecule has 0 N–H and O–H groups in total. The van der Waals surface area contributed by atoms with Crippen LogP contribution in [0.5, 0.6) is 34.5 Å². The second-order valence-electron chi connectivity index (χ2n) is 11.4. The molecule has 0 saturated heterocycles. The van der Waals surface area contributed by atoms with Gasteiger partial charge in [-0.05, 0) is 177 Å². The van der Waals surface area contributed by atoms with Crippen LogP contribution in [-0.2, 0) is 23.6 Å². The van der Waals surface area contributed by atoms with Crippen LogP contribution in [0.1, 0.15) is 0 Å². The quantitative estimate of drug-likeness (QED) is 0.0887. The molecule has 0 aliphatic carbocycles. The van der Waals surface area contributed by atoms with Gasteiger partial charge in [0, 0.05) is 124 Å². The van der Waals surface area contributed by atoms with Gasteiger partial charge in [-0.3, -0.25) is 0 Å². The lowest BCUT2D eigenvalue weighted by molar-refractivity contribution is 0.415. The van der Waals surface area contributed by atoms with Crippen molar-refractivity contribution in [2.45, 2.75) is 0 Å². The summed E-state index contributed by atoms with van der Waals surface area (Å²) in [6.07, 6.45) is 0. The molecule has 0 aromatic heterocycles. The Hall–Kier alpha value is -0.200. The molecule has 0 aliphatic rings. The standard InChI is InChI=1S/2C21H21O3PS.3I2/c2*1-22-16-4-10-19(11-5-16)25(26,20-12-6-17(23-2)7-13-20)21-14-8-18(24-3)9-15-21;3*1-2/h2*4-15H,1-3H3;;;. The van der Waals surface area contributed by atoms with Gasteiger partial charge in [0.25, 0.3) is 0 Å². The fourth-order valence-electron chi connectivity index (χ4n) is 5.65. The lowest BCUT2D eigenvalue weighted by atomic mass is 10.3. The van der Waals surface area contributed by atoms with E-state index in [0.29, 0.717) is 0 Å². The van der Waals surface area contributed by atoms with E-state index in [1.165, 1.54) is 0 Å². The van der Waals surface area contributed by atoms with E-state index in [-0.39, 0.29) is 0 Å². The highest BCUT2D eigenvalue weighted by molar-refractivity contribution is 15.0. The van der Waals surface area contributed by atoms with Gasteiger partial charge in [-0.25, -0.2) is 0 Å². The topological polar surface area (TPSA) is 55.4 Å². The van der Waals surface area contributed by atoms with Crippen molar-refractivity contribution in [1.82, 2.24) is 0 Å². The Kier molecular flexibility index (Phi) is 27.2. The minimum Gasteiger partial charge on any atom is -0.497 e. The normalized spacial score (nSPS) is 10.2. The van der Waals surface area contributed by atoms with E-state index in [2.05, 4.69) is 184 Å². The molecule has 0 heterocycles. The number of hydrogen-bond acceptors (Lipinski definition) is 8. The Bertz CT molecular complexity index is 1750. The first kappa shape index (κ1) is 53.9. The van der Waals surface area contributed by atoms with Crippen LogP contribution < -0.4 is 60.2 Å². The van der Waals surface area contributed by atoms with Gasteiger partial charge in [-0.2, -0.15) is 0 Å². The van der Waals surface area contributed by atoms with Crippen molar-refractivity contribution in [3.8, 4) is 34.5 Å². The molecular formula is C42H42I6O6P2S2. The summed E-state index contributed by atoms with van der Waals surface area (Å²) >= 11 is 25.4. The van der Waals surface area contributed by atoms with Gasteiger partial charge in [0.2, 0.25) is 0 Å². The first-order valence-corrected chi connectivity index (χ1v) is 41.2. The molecule has 0 spiro atoms. The zero-order valence-electron chi connectivity index (χ0n) is 32.3. The minimum absolute atomic E-state index is 0.819. The molecule has 0 amide bonds. The Labute approximate surface area is 424 Å². The van der Waals surface area contributed by atoms with E-state index < -0.39 is 12.1 Å². The largest absolute Gasteiger partial charge is 0.497 e. The van der Waals surface area contributed by atoms with Gasteiger partial charge in [0.05, 0.1) is 42.7 Å². The summed E-state index contributed by atoms with van der Waals surface area (Å²) in [4.78, 5) is 0. The Morgan fingerprint density at radius 2 is 0.362 bits per heavy atom. The van der Waals surface area contributed by atoms with E-state index in [0.717, 1.165) is 66.3 Å². The number of ether oxygens (including phenoxy) is 6. The number of rotatable bonds is 12. The lowest BCUT2D eigenvalue weighted by Gasteiger charge is -2.24. The molecule has 0 unspecified atom stereocenters. The average molecular weight is 1530 g/mol. The zero-order valence-corrected chi connectivity index (χ0v) is 48.7. The molecule has 6 aromatic carbocycles. The molecule has 0 fully saturated rings. The fraction of sp³-hybridized carbons (Fsp3) is 0.143. The first-order chi connectivity index (χ1) is 28.2. The first-order valence-electron chi connectivity index (χ1n) is 16.7. The smallest absolute Gasteiger partial charge is 0.118 e. The molecule has 0 atom stereocenters. The SMILES string of the molecule is COc1ccc(P(=S)(c2ccc(OC)cc2)c2ccc(OC)cc2)cc1.COc1ccc(P(=S)(c2ccc(OC)cc2)c2ccc(OC)cc2)cc1.II.II.II. The number of benzene rings is 6. The van der Waals surface area contributed by atoms with Crippen LogP contribution >= 0.6 is 124 Å². The summed E-state index contributed by atoms with van der Waals surface area (Å²) in [5.41, 5.74) is 0. The van der Waals surface area contributed by atoms with Crippen molar-refractivity contribution < 1.29 is 28.4 Å². The molecule has 0 radical (unpaired) electrons. The Morgan fingerprint density at radius 1 is 0.259 bits per heavy atom. The van der Waals surface area contributed by atoms with Crippen molar-refractivity contribution >= 4 is 179 Å². The molecule has 58 heavy (non-hydrogen) atoms. The molecule has 6 rings (SSSR count). The zero-order chi connectivity index (χ0) is 43.1. The Balaban J connectivity index is 0.000000355. The molecule has 16 heteroatoms. The number of hydrogen-bond donors (Lipinski definition) is 0. The second-order valence-corrected chi connectivity index (χ2v) is 20.2. The van der Waals surface area contributed by atoms with Gasteiger partial charge < -0.3 is 28.4 Å². The maximum absolute atomic E-state index is 6.33. The summed E-state index contributed by atoms with van der Waals surface area (Å²) in [7, 11) is 9.99. The summed E-state index contributed by atoms with van der Waals surface area (Å²) in [6, 6.07) is 43.9. The summed E-state index contributed by atoms with van der Waals surface area (Å²) in [5, 5.41) is 6.69. The van der Waals surface area contributed by atoms with Crippen LogP contribution in [0.25, 0.3) is 0 Å². The Morgan fingerprint density at radius 3 is 0.448 bits per heavy atom. The maximum atomic E-state index is 6.33. The second kappa shape index (κ2) is 29.2. The summed E-state index contributed by atoms with van der Waals surface area (Å²) < 4.78 is 31.8. The van der Waals surface area contributed by atoms with Gasteiger partial charge in [-0.1, -0.05) is 23.6 Å².